The van der Waals surface area contributed by atoms with Crippen LogP contribution in [0.25, 0.3) is 0 Å². The maximum atomic E-state index is 12.7. The summed E-state index contributed by atoms with van der Waals surface area (Å²) < 4.78 is 10.1. The Morgan fingerprint density at radius 1 is 1.10 bits per heavy atom. The number of ether oxygens (including phenoxy) is 2. The third-order valence-corrected chi connectivity index (χ3v) is 4.75. The number of benzene rings is 2. The number of rotatable bonds is 8. The van der Waals surface area contributed by atoms with Gasteiger partial charge in [0, 0.05) is 0 Å². The number of imide groups is 1. The minimum Gasteiger partial charge on any atom is -0.497 e. The number of esters is 1. The summed E-state index contributed by atoms with van der Waals surface area (Å²) >= 11 is 0. The molecule has 0 aliphatic carbocycles. The van der Waals surface area contributed by atoms with Crippen molar-refractivity contribution in [3.63, 3.8) is 0 Å². The Balaban J connectivity index is 1.58. The van der Waals surface area contributed by atoms with Crippen molar-refractivity contribution < 1.29 is 23.9 Å². The van der Waals surface area contributed by atoms with Gasteiger partial charge in [0.15, 0.2) is 0 Å². The summed E-state index contributed by atoms with van der Waals surface area (Å²) in [6.45, 7) is 2.59. The molecule has 1 N–H and O–H groups in total. The number of hydrogen-bond donors (Lipinski definition) is 1. The molecule has 29 heavy (non-hydrogen) atoms. The first-order valence-electron chi connectivity index (χ1n) is 9.53. The van der Waals surface area contributed by atoms with Gasteiger partial charge in [-0.15, -0.1) is 0 Å². The summed E-state index contributed by atoms with van der Waals surface area (Å²) in [5.74, 6) is -0.187. The number of nitrogens with zero attached hydrogens (tertiary/aromatic N) is 1. The molecule has 7 nitrogen and oxygen atoms in total. The van der Waals surface area contributed by atoms with E-state index in [4.69, 9.17) is 9.47 Å². The highest BCUT2D eigenvalue weighted by Crippen LogP contribution is 2.23. The van der Waals surface area contributed by atoms with Gasteiger partial charge >= 0.3 is 5.97 Å². The van der Waals surface area contributed by atoms with E-state index in [1.807, 2.05) is 24.3 Å². The summed E-state index contributed by atoms with van der Waals surface area (Å²) in [4.78, 5) is 38.0. The zero-order valence-corrected chi connectivity index (χ0v) is 16.5. The van der Waals surface area contributed by atoms with Crippen LogP contribution in [0.4, 0.5) is 5.69 Å². The number of hydrogen-bond acceptors (Lipinski definition) is 6. The fraction of sp³-hybridized carbons (Fsp3) is 0.318. The Kier molecular flexibility index (Phi) is 6.61. The molecule has 1 heterocycles. The van der Waals surface area contributed by atoms with Gasteiger partial charge in [-0.25, -0.2) is 9.69 Å². The highest BCUT2D eigenvalue weighted by molar-refractivity contribution is 6.22. The highest BCUT2D eigenvalue weighted by Gasteiger charge is 2.39. The van der Waals surface area contributed by atoms with Gasteiger partial charge in [-0.05, 0) is 61.9 Å². The lowest BCUT2D eigenvalue weighted by atomic mass is 10.1. The molecular formula is C22H24N2O5. The number of nitrogens with one attached hydrogen (secondary N) is 1. The lowest BCUT2D eigenvalue weighted by molar-refractivity contribution is -0.121. The molecule has 2 aromatic rings. The largest absolute Gasteiger partial charge is 0.497 e. The van der Waals surface area contributed by atoms with Crippen LogP contribution in [0.1, 0.15) is 29.3 Å². The van der Waals surface area contributed by atoms with E-state index < -0.39 is 12.0 Å². The number of methoxy groups -OCH3 is 1. The summed E-state index contributed by atoms with van der Waals surface area (Å²) in [5, 5.41) is 3.17. The van der Waals surface area contributed by atoms with Gasteiger partial charge < -0.3 is 14.8 Å². The van der Waals surface area contributed by atoms with E-state index in [-0.39, 0.29) is 24.8 Å². The lowest BCUT2D eigenvalue weighted by Gasteiger charge is -2.16. The SMILES string of the molecule is CCOC(=O)c1ccc(N2C(=O)C[C@@H](NCCc3ccc(OC)cc3)C2=O)cc1. The molecule has 1 saturated heterocycles. The maximum absolute atomic E-state index is 12.7. The molecular weight excluding hydrogens is 372 g/mol. The molecule has 1 aliphatic rings. The van der Waals surface area contributed by atoms with Crippen LogP contribution in [-0.4, -0.2) is 44.1 Å². The summed E-state index contributed by atoms with van der Waals surface area (Å²) in [6.07, 6.45) is 0.845. The number of anilines is 1. The second kappa shape index (κ2) is 9.34. The first kappa shape index (κ1) is 20.5. The van der Waals surface area contributed by atoms with Crippen molar-refractivity contribution in [2.45, 2.75) is 25.8 Å². The van der Waals surface area contributed by atoms with Crippen molar-refractivity contribution >= 4 is 23.5 Å². The summed E-state index contributed by atoms with van der Waals surface area (Å²) in [6, 6.07) is 13.5. The molecule has 0 bridgehead atoms. The molecule has 0 spiro atoms. The Labute approximate surface area is 169 Å². The Bertz CT molecular complexity index is 877. The molecule has 1 fully saturated rings. The molecule has 0 aromatic heterocycles. The standard InChI is InChI=1S/C22H24N2O5/c1-3-29-22(27)16-6-8-17(9-7-16)24-20(25)14-19(21(24)26)23-13-12-15-4-10-18(28-2)11-5-15/h4-11,19,23H,3,12-14H2,1-2H3/t19-/m1/s1. The first-order chi connectivity index (χ1) is 14.0. The fourth-order valence-electron chi connectivity index (χ4n) is 3.21. The van der Waals surface area contributed by atoms with Crippen LogP contribution in [0.2, 0.25) is 0 Å². The zero-order valence-electron chi connectivity index (χ0n) is 16.5. The average Bonchev–Trinajstić information content (AvgIpc) is 3.02. The molecule has 1 atom stereocenters. The van der Waals surface area contributed by atoms with E-state index in [1.54, 1.807) is 38.3 Å². The molecule has 1 aliphatic heterocycles. The first-order valence-corrected chi connectivity index (χ1v) is 9.53. The molecule has 2 aromatic carbocycles. The summed E-state index contributed by atoms with van der Waals surface area (Å²) in [5.41, 5.74) is 1.94. The van der Waals surface area contributed by atoms with Crippen molar-refractivity contribution in [1.29, 1.82) is 0 Å². The van der Waals surface area contributed by atoms with Crippen LogP contribution < -0.4 is 15.0 Å². The Morgan fingerprint density at radius 3 is 2.41 bits per heavy atom. The van der Waals surface area contributed by atoms with Crippen molar-refractivity contribution in [3.05, 3.63) is 59.7 Å². The van der Waals surface area contributed by atoms with Crippen molar-refractivity contribution in [2.75, 3.05) is 25.2 Å². The van der Waals surface area contributed by atoms with Crippen molar-refractivity contribution in [2.24, 2.45) is 0 Å². The van der Waals surface area contributed by atoms with Gasteiger partial charge in [-0.2, -0.15) is 0 Å². The zero-order chi connectivity index (χ0) is 20.8. The molecule has 0 unspecified atom stereocenters. The fourth-order valence-corrected chi connectivity index (χ4v) is 3.21. The van der Waals surface area contributed by atoms with Crippen LogP contribution >= 0.6 is 0 Å². The number of amides is 2. The molecule has 0 radical (unpaired) electrons. The molecule has 2 amide bonds. The maximum Gasteiger partial charge on any atom is 0.338 e. The van der Waals surface area contributed by atoms with Crippen molar-refractivity contribution in [1.82, 2.24) is 5.32 Å². The van der Waals surface area contributed by atoms with E-state index in [2.05, 4.69) is 5.32 Å². The van der Waals surface area contributed by atoms with E-state index in [0.29, 0.717) is 17.8 Å². The van der Waals surface area contributed by atoms with E-state index >= 15 is 0 Å². The van der Waals surface area contributed by atoms with Crippen molar-refractivity contribution in [3.8, 4) is 5.75 Å². The second-order valence-electron chi connectivity index (χ2n) is 6.64. The van der Waals surface area contributed by atoms with Crippen LogP contribution in [0.3, 0.4) is 0 Å². The van der Waals surface area contributed by atoms with Gasteiger partial charge in [0.25, 0.3) is 5.91 Å². The van der Waals surface area contributed by atoms with Gasteiger partial charge in [0.2, 0.25) is 5.91 Å². The third kappa shape index (κ3) is 4.81. The van der Waals surface area contributed by atoms with E-state index in [0.717, 1.165) is 17.7 Å². The van der Waals surface area contributed by atoms with Crippen LogP contribution in [0.5, 0.6) is 5.75 Å². The molecule has 7 heteroatoms. The topological polar surface area (TPSA) is 84.9 Å². The predicted molar refractivity (Wildman–Crippen MR) is 108 cm³/mol. The quantitative estimate of drug-likeness (QED) is 0.545. The van der Waals surface area contributed by atoms with Gasteiger partial charge in [0.1, 0.15) is 5.75 Å². The monoisotopic (exact) mass is 396 g/mol. The third-order valence-electron chi connectivity index (χ3n) is 4.75. The smallest absolute Gasteiger partial charge is 0.338 e. The van der Waals surface area contributed by atoms with E-state index in [1.165, 1.54) is 4.90 Å². The highest BCUT2D eigenvalue weighted by atomic mass is 16.5. The molecule has 0 saturated carbocycles. The van der Waals surface area contributed by atoms with Gasteiger partial charge in [0.05, 0.1) is 37.4 Å². The number of carbonyl (C=O) groups excluding carboxylic acids is 3. The summed E-state index contributed by atoms with van der Waals surface area (Å²) in [7, 11) is 1.62. The Morgan fingerprint density at radius 2 is 1.79 bits per heavy atom. The van der Waals surface area contributed by atoms with Gasteiger partial charge in [-0.1, -0.05) is 12.1 Å². The minimum absolute atomic E-state index is 0.112. The predicted octanol–water partition coefficient (Wildman–Crippen LogP) is 2.34. The minimum atomic E-state index is -0.550. The van der Waals surface area contributed by atoms with Crippen LogP contribution in [-0.2, 0) is 20.7 Å². The lowest BCUT2D eigenvalue weighted by Crippen LogP contribution is -2.39. The van der Waals surface area contributed by atoms with Crippen LogP contribution in [0.15, 0.2) is 48.5 Å². The molecule has 152 valence electrons. The van der Waals surface area contributed by atoms with E-state index in [9.17, 15) is 14.4 Å². The average molecular weight is 396 g/mol. The second-order valence-corrected chi connectivity index (χ2v) is 6.64. The number of carbonyl (C=O) groups is 3. The normalized spacial score (nSPS) is 16.2. The van der Waals surface area contributed by atoms with Crippen LogP contribution in [0, 0.1) is 0 Å². The molecule has 3 rings (SSSR count). The van der Waals surface area contributed by atoms with Gasteiger partial charge in [-0.3, -0.25) is 9.59 Å². The Hall–Kier alpha value is -3.19.